The molecule has 0 spiro atoms. The van der Waals surface area contributed by atoms with Crippen LogP contribution in [0.4, 0.5) is 0 Å². The first-order valence-electron chi connectivity index (χ1n) is 3.22. The monoisotopic (exact) mass is 141 g/mol. The molecule has 0 aromatic carbocycles. The number of hydrogen-bond acceptors (Lipinski definition) is 2. The van der Waals surface area contributed by atoms with Gasteiger partial charge in [-0.15, -0.1) is 6.58 Å². The van der Waals surface area contributed by atoms with E-state index < -0.39 is 11.5 Å². The molecule has 1 aliphatic carbocycles. The van der Waals surface area contributed by atoms with Gasteiger partial charge >= 0.3 is 5.97 Å². The number of carbonyl (C=O) groups is 1. The standard InChI is InChI=1S/C7H11NO2/c1-3-5-4-7(5,8-2)6(9)10/h3,5,8H,1,4H2,2H3,(H,9,10). The Hall–Kier alpha value is -0.830. The number of carboxylic acids is 1. The Morgan fingerprint density at radius 2 is 2.60 bits per heavy atom. The van der Waals surface area contributed by atoms with Gasteiger partial charge in [-0.1, -0.05) is 6.08 Å². The molecule has 56 valence electrons. The molecule has 1 aliphatic rings. The molecule has 1 fully saturated rings. The maximum atomic E-state index is 10.6. The molecule has 1 rings (SSSR count). The molecular formula is C7H11NO2. The summed E-state index contributed by atoms with van der Waals surface area (Å²) in [5.74, 6) is -0.671. The minimum atomic E-state index is -0.778. The Labute approximate surface area is 59.7 Å². The summed E-state index contributed by atoms with van der Waals surface area (Å²) in [6, 6.07) is 0. The van der Waals surface area contributed by atoms with E-state index in [1.165, 1.54) is 0 Å². The molecule has 0 heterocycles. The van der Waals surface area contributed by atoms with Crippen molar-refractivity contribution in [2.45, 2.75) is 12.0 Å². The molecule has 0 bridgehead atoms. The molecular weight excluding hydrogens is 130 g/mol. The quantitative estimate of drug-likeness (QED) is 0.553. The normalized spacial score (nSPS) is 37.1. The van der Waals surface area contributed by atoms with Gasteiger partial charge in [0.2, 0.25) is 0 Å². The number of likely N-dealkylation sites (N-methyl/N-ethyl adjacent to an activating group) is 1. The van der Waals surface area contributed by atoms with Crippen molar-refractivity contribution in [1.82, 2.24) is 5.32 Å². The average molecular weight is 141 g/mol. The Balaban J connectivity index is 2.67. The number of aliphatic carboxylic acids is 1. The molecule has 1 saturated carbocycles. The second kappa shape index (κ2) is 2.09. The summed E-state index contributed by atoms with van der Waals surface area (Å²) in [5, 5.41) is 11.5. The zero-order chi connectivity index (χ0) is 7.78. The molecule has 0 aliphatic heterocycles. The first-order valence-corrected chi connectivity index (χ1v) is 3.22. The lowest BCUT2D eigenvalue weighted by atomic mass is 10.2. The maximum Gasteiger partial charge on any atom is 0.324 e. The van der Waals surface area contributed by atoms with E-state index in [-0.39, 0.29) is 5.92 Å². The molecule has 0 saturated heterocycles. The maximum absolute atomic E-state index is 10.6. The Bertz CT molecular complexity index is 178. The van der Waals surface area contributed by atoms with Gasteiger partial charge in [-0.25, -0.2) is 0 Å². The molecule has 2 unspecified atom stereocenters. The molecule has 3 heteroatoms. The first-order chi connectivity index (χ1) is 4.67. The van der Waals surface area contributed by atoms with Crippen molar-refractivity contribution in [2.24, 2.45) is 5.92 Å². The van der Waals surface area contributed by atoms with Gasteiger partial charge in [0.25, 0.3) is 0 Å². The van der Waals surface area contributed by atoms with E-state index in [0.717, 1.165) is 0 Å². The van der Waals surface area contributed by atoms with Crippen molar-refractivity contribution < 1.29 is 9.90 Å². The van der Waals surface area contributed by atoms with Gasteiger partial charge in [-0.3, -0.25) is 4.79 Å². The van der Waals surface area contributed by atoms with E-state index in [1.54, 1.807) is 13.1 Å². The van der Waals surface area contributed by atoms with Gasteiger partial charge in [-0.05, 0) is 13.5 Å². The average Bonchev–Trinajstić information content (AvgIpc) is 2.62. The molecule has 2 N–H and O–H groups in total. The fraction of sp³-hybridized carbons (Fsp3) is 0.571. The number of hydrogen-bond donors (Lipinski definition) is 2. The Kier molecular flexibility index (Phi) is 1.52. The summed E-state index contributed by atoms with van der Waals surface area (Å²) in [6.45, 7) is 3.54. The fourth-order valence-electron chi connectivity index (χ4n) is 1.21. The van der Waals surface area contributed by atoms with Crippen LogP contribution in [0, 0.1) is 5.92 Å². The van der Waals surface area contributed by atoms with E-state index in [1.807, 2.05) is 0 Å². The fourth-order valence-corrected chi connectivity index (χ4v) is 1.21. The smallest absolute Gasteiger partial charge is 0.324 e. The largest absolute Gasteiger partial charge is 0.480 e. The van der Waals surface area contributed by atoms with Crippen LogP contribution < -0.4 is 5.32 Å². The summed E-state index contributed by atoms with van der Waals surface area (Å²) in [4.78, 5) is 10.6. The van der Waals surface area contributed by atoms with E-state index in [0.29, 0.717) is 6.42 Å². The number of carboxylic acid groups (broad SMARTS) is 1. The SMILES string of the molecule is C=CC1CC1(NC)C(=O)O. The van der Waals surface area contributed by atoms with Crippen LogP contribution in [-0.2, 0) is 4.79 Å². The van der Waals surface area contributed by atoms with Crippen molar-refractivity contribution >= 4 is 5.97 Å². The van der Waals surface area contributed by atoms with Crippen LogP contribution >= 0.6 is 0 Å². The molecule has 0 amide bonds. The van der Waals surface area contributed by atoms with Crippen LogP contribution in [0.5, 0.6) is 0 Å². The second-order valence-electron chi connectivity index (χ2n) is 2.57. The summed E-state index contributed by atoms with van der Waals surface area (Å²) < 4.78 is 0. The van der Waals surface area contributed by atoms with E-state index >= 15 is 0 Å². The third-order valence-electron chi connectivity index (χ3n) is 2.13. The highest BCUT2D eigenvalue weighted by molar-refractivity contribution is 5.83. The van der Waals surface area contributed by atoms with Crippen molar-refractivity contribution in [3.63, 3.8) is 0 Å². The van der Waals surface area contributed by atoms with Gasteiger partial charge in [0, 0.05) is 5.92 Å². The zero-order valence-corrected chi connectivity index (χ0v) is 5.92. The molecule has 10 heavy (non-hydrogen) atoms. The number of rotatable bonds is 3. The Morgan fingerprint density at radius 1 is 2.00 bits per heavy atom. The van der Waals surface area contributed by atoms with Gasteiger partial charge in [0.1, 0.15) is 5.54 Å². The van der Waals surface area contributed by atoms with Crippen molar-refractivity contribution in [2.75, 3.05) is 7.05 Å². The van der Waals surface area contributed by atoms with Crippen molar-refractivity contribution in [3.8, 4) is 0 Å². The third kappa shape index (κ3) is 0.743. The third-order valence-corrected chi connectivity index (χ3v) is 2.13. The highest BCUT2D eigenvalue weighted by atomic mass is 16.4. The lowest BCUT2D eigenvalue weighted by Crippen LogP contribution is -2.38. The molecule has 3 nitrogen and oxygen atoms in total. The highest BCUT2D eigenvalue weighted by Crippen LogP contribution is 2.43. The summed E-state index contributed by atoms with van der Waals surface area (Å²) in [7, 11) is 1.66. The van der Waals surface area contributed by atoms with Gasteiger partial charge in [0.05, 0.1) is 0 Å². The first kappa shape index (κ1) is 7.28. The predicted octanol–water partition coefficient (Wildman–Crippen LogP) is 0.235. The lowest BCUT2D eigenvalue weighted by molar-refractivity contribution is -0.140. The molecule has 0 radical (unpaired) electrons. The minimum Gasteiger partial charge on any atom is -0.480 e. The molecule has 0 aromatic rings. The van der Waals surface area contributed by atoms with E-state index in [9.17, 15) is 4.79 Å². The summed E-state index contributed by atoms with van der Waals surface area (Å²) >= 11 is 0. The van der Waals surface area contributed by atoms with Crippen LogP contribution in [0.15, 0.2) is 12.7 Å². The van der Waals surface area contributed by atoms with Crippen molar-refractivity contribution in [3.05, 3.63) is 12.7 Å². The predicted molar refractivity (Wildman–Crippen MR) is 37.7 cm³/mol. The molecule has 2 atom stereocenters. The molecule has 0 aromatic heterocycles. The number of nitrogens with one attached hydrogen (secondary N) is 1. The van der Waals surface area contributed by atoms with Crippen LogP contribution in [-0.4, -0.2) is 23.7 Å². The second-order valence-corrected chi connectivity index (χ2v) is 2.57. The van der Waals surface area contributed by atoms with E-state index in [4.69, 9.17) is 5.11 Å². The van der Waals surface area contributed by atoms with Crippen molar-refractivity contribution in [1.29, 1.82) is 0 Å². The van der Waals surface area contributed by atoms with Gasteiger partial charge < -0.3 is 10.4 Å². The summed E-state index contributed by atoms with van der Waals surface area (Å²) in [6.07, 6.45) is 2.35. The van der Waals surface area contributed by atoms with Gasteiger partial charge in [0.15, 0.2) is 0 Å². The highest BCUT2D eigenvalue weighted by Gasteiger charge is 2.57. The van der Waals surface area contributed by atoms with Crippen LogP contribution in [0.25, 0.3) is 0 Å². The topological polar surface area (TPSA) is 49.3 Å². The van der Waals surface area contributed by atoms with Crippen LogP contribution in [0.3, 0.4) is 0 Å². The van der Waals surface area contributed by atoms with Crippen LogP contribution in [0.1, 0.15) is 6.42 Å². The lowest BCUT2D eigenvalue weighted by Gasteiger charge is -2.07. The Morgan fingerprint density at radius 3 is 2.70 bits per heavy atom. The van der Waals surface area contributed by atoms with Gasteiger partial charge in [-0.2, -0.15) is 0 Å². The zero-order valence-electron chi connectivity index (χ0n) is 5.92. The summed E-state index contributed by atoms with van der Waals surface area (Å²) in [5.41, 5.74) is -0.693. The van der Waals surface area contributed by atoms with Crippen LogP contribution in [0.2, 0.25) is 0 Å². The minimum absolute atomic E-state index is 0.106. The van der Waals surface area contributed by atoms with E-state index in [2.05, 4.69) is 11.9 Å².